The van der Waals surface area contributed by atoms with Gasteiger partial charge in [0.1, 0.15) is 6.04 Å². The molecule has 2 fully saturated rings. The fourth-order valence-electron chi connectivity index (χ4n) is 2.74. The standard InChI is InChI=1S/C10H17NO2/c12-10(13)9-5-8(6-11-9)7-3-1-2-4-7/h7-9,11H,1-6H2,(H,12,13)/t8?,9-/m0/s1. The predicted octanol–water partition coefficient (Wildman–Crippen LogP) is 1.24. The van der Waals surface area contributed by atoms with E-state index in [0.717, 1.165) is 18.9 Å². The van der Waals surface area contributed by atoms with E-state index in [2.05, 4.69) is 5.32 Å². The average molecular weight is 183 g/mol. The lowest BCUT2D eigenvalue weighted by Gasteiger charge is -2.15. The molecule has 1 saturated carbocycles. The zero-order valence-corrected chi connectivity index (χ0v) is 7.83. The molecule has 0 bridgehead atoms. The Morgan fingerprint density at radius 3 is 2.46 bits per heavy atom. The number of carboxylic acid groups (broad SMARTS) is 1. The summed E-state index contributed by atoms with van der Waals surface area (Å²) in [7, 11) is 0. The van der Waals surface area contributed by atoms with Crippen molar-refractivity contribution in [2.45, 2.75) is 38.1 Å². The van der Waals surface area contributed by atoms with Crippen LogP contribution in [0.2, 0.25) is 0 Å². The molecule has 2 atom stereocenters. The van der Waals surface area contributed by atoms with E-state index in [1.807, 2.05) is 0 Å². The number of carbonyl (C=O) groups is 1. The fraction of sp³-hybridized carbons (Fsp3) is 0.900. The van der Waals surface area contributed by atoms with Gasteiger partial charge in [-0.2, -0.15) is 0 Å². The second kappa shape index (κ2) is 3.66. The summed E-state index contributed by atoms with van der Waals surface area (Å²) in [6.07, 6.45) is 6.18. The van der Waals surface area contributed by atoms with Crippen LogP contribution in [-0.2, 0) is 4.79 Å². The van der Waals surface area contributed by atoms with Crippen molar-refractivity contribution in [2.24, 2.45) is 11.8 Å². The number of carboxylic acids is 1. The Labute approximate surface area is 78.5 Å². The van der Waals surface area contributed by atoms with Crippen LogP contribution in [0.5, 0.6) is 0 Å². The van der Waals surface area contributed by atoms with Gasteiger partial charge in [-0.1, -0.05) is 25.7 Å². The molecule has 1 heterocycles. The normalized spacial score (nSPS) is 35.4. The number of nitrogens with one attached hydrogen (secondary N) is 1. The molecule has 0 spiro atoms. The highest BCUT2D eigenvalue weighted by Crippen LogP contribution is 2.35. The van der Waals surface area contributed by atoms with Gasteiger partial charge in [-0.15, -0.1) is 0 Å². The third-order valence-electron chi connectivity index (χ3n) is 3.53. The van der Waals surface area contributed by atoms with Gasteiger partial charge in [-0.25, -0.2) is 0 Å². The molecule has 1 saturated heterocycles. The van der Waals surface area contributed by atoms with E-state index in [9.17, 15) is 4.79 Å². The van der Waals surface area contributed by atoms with Crippen molar-refractivity contribution in [1.82, 2.24) is 5.32 Å². The SMILES string of the molecule is O=C(O)[C@@H]1CC(C2CCCC2)CN1. The maximum absolute atomic E-state index is 10.7. The Hall–Kier alpha value is -0.570. The van der Waals surface area contributed by atoms with Crippen LogP contribution in [0, 0.1) is 11.8 Å². The summed E-state index contributed by atoms with van der Waals surface area (Å²) in [5.41, 5.74) is 0. The third-order valence-corrected chi connectivity index (χ3v) is 3.53. The van der Waals surface area contributed by atoms with E-state index in [0.29, 0.717) is 5.92 Å². The van der Waals surface area contributed by atoms with Crippen LogP contribution >= 0.6 is 0 Å². The summed E-state index contributed by atoms with van der Waals surface area (Å²) >= 11 is 0. The van der Waals surface area contributed by atoms with Crippen LogP contribution in [0.1, 0.15) is 32.1 Å². The molecular formula is C10H17NO2. The molecule has 1 aliphatic carbocycles. The number of rotatable bonds is 2. The zero-order valence-electron chi connectivity index (χ0n) is 7.83. The summed E-state index contributed by atoms with van der Waals surface area (Å²) in [6, 6.07) is -0.273. The Morgan fingerprint density at radius 2 is 1.92 bits per heavy atom. The van der Waals surface area contributed by atoms with Gasteiger partial charge in [0.15, 0.2) is 0 Å². The molecule has 3 nitrogen and oxygen atoms in total. The lowest BCUT2D eigenvalue weighted by Crippen LogP contribution is -2.29. The Bertz CT molecular complexity index is 199. The van der Waals surface area contributed by atoms with Crippen molar-refractivity contribution in [3.63, 3.8) is 0 Å². The molecule has 0 amide bonds. The molecular weight excluding hydrogens is 166 g/mol. The summed E-state index contributed by atoms with van der Waals surface area (Å²) < 4.78 is 0. The summed E-state index contributed by atoms with van der Waals surface area (Å²) in [5.74, 6) is 0.751. The topological polar surface area (TPSA) is 49.3 Å². The molecule has 3 heteroatoms. The van der Waals surface area contributed by atoms with Crippen LogP contribution < -0.4 is 5.32 Å². The number of hydrogen-bond donors (Lipinski definition) is 2. The van der Waals surface area contributed by atoms with Gasteiger partial charge < -0.3 is 10.4 Å². The van der Waals surface area contributed by atoms with Gasteiger partial charge in [-0.05, 0) is 24.8 Å². The minimum Gasteiger partial charge on any atom is -0.480 e. The summed E-state index contributed by atoms with van der Waals surface area (Å²) in [4.78, 5) is 10.7. The van der Waals surface area contributed by atoms with E-state index in [-0.39, 0.29) is 6.04 Å². The minimum absolute atomic E-state index is 0.273. The third kappa shape index (κ3) is 1.85. The maximum atomic E-state index is 10.7. The van der Waals surface area contributed by atoms with Crippen LogP contribution in [0.15, 0.2) is 0 Å². The smallest absolute Gasteiger partial charge is 0.320 e. The van der Waals surface area contributed by atoms with Crippen molar-refractivity contribution < 1.29 is 9.90 Å². The first-order chi connectivity index (χ1) is 6.27. The molecule has 0 radical (unpaired) electrons. The van der Waals surface area contributed by atoms with Gasteiger partial charge >= 0.3 is 5.97 Å². The van der Waals surface area contributed by atoms with E-state index in [1.165, 1.54) is 25.7 Å². The van der Waals surface area contributed by atoms with Crippen LogP contribution in [0.4, 0.5) is 0 Å². The molecule has 1 aliphatic heterocycles. The van der Waals surface area contributed by atoms with E-state index in [1.54, 1.807) is 0 Å². The van der Waals surface area contributed by atoms with Gasteiger partial charge in [0.2, 0.25) is 0 Å². The molecule has 1 unspecified atom stereocenters. The second-order valence-corrected chi connectivity index (χ2v) is 4.34. The molecule has 0 aromatic carbocycles. The largest absolute Gasteiger partial charge is 0.480 e. The maximum Gasteiger partial charge on any atom is 0.320 e. The summed E-state index contributed by atoms with van der Waals surface area (Å²) in [5, 5.41) is 11.9. The van der Waals surface area contributed by atoms with Gasteiger partial charge in [0.25, 0.3) is 0 Å². The van der Waals surface area contributed by atoms with Crippen molar-refractivity contribution in [1.29, 1.82) is 0 Å². The predicted molar refractivity (Wildman–Crippen MR) is 49.5 cm³/mol. The zero-order chi connectivity index (χ0) is 9.26. The van der Waals surface area contributed by atoms with Gasteiger partial charge in [0.05, 0.1) is 0 Å². The van der Waals surface area contributed by atoms with Crippen LogP contribution in [0.3, 0.4) is 0 Å². The first-order valence-electron chi connectivity index (χ1n) is 5.23. The van der Waals surface area contributed by atoms with Crippen molar-refractivity contribution >= 4 is 5.97 Å². The van der Waals surface area contributed by atoms with Crippen LogP contribution in [-0.4, -0.2) is 23.7 Å². The first kappa shape index (κ1) is 9.00. The van der Waals surface area contributed by atoms with E-state index < -0.39 is 5.97 Å². The van der Waals surface area contributed by atoms with Gasteiger partial charge in [-0.3, -0.25) is 4.79 Å². The molecule has 0 aromatic rings. The number of hydrogen-bond acceptors (Lipinski definition) is 2. The molecule has 2 rings (SSSR count). The second-order valence-electron chi connectivity index (χ2n) is 4.34. The highest BCUT2D eigenvalue weighted by atomic mass is 16.4. The molecule has 2 aliphatic rings. The lowest BCUT2D eigenvalue weighted by molar-refractivity contribution is -0.139. The lowest BCUT2D eigenvalue weighted by atomic mass is 9.89. The molecule has 74 valence electrons. The quantitative estimate of drug-likeness (QED) is 0.677. The van der Waals surface area contributed by atoms with E-state index >= 15 is 0 Å². The Morgan fingerprint density at radius 1 is 1.23 bits per heavy atom. The molecule has 2 N–H and O–H groups in total. The van der Waals surface area contributed by atoms with E-state index in [4.69, 9.17) is 5.11 Å². The number of aliphatic carboxylic acids is 1. The van der Waals surface area contributed by atoms with Crippen molar-refractivity contribution in [3.8, 4) is 0 Å². The minimum atomic E-state index is -0.680. The van der Waals surface area contributed by atoms with Crippen molar-refractivity contribution in [3.05, 3.63) is 0 Å². The Kier molecular flexibility index (Phi) is 2.54. The van der Waals surface area contributed by atoms with Crippen LogP contribution in [0.25, 0.3) is 0 Å². The Balaban J connectivity index is 1.86. The molecule has 0 aromatic heterocycles. The summed E-state index contributed by atoms with van der Waals surface area (Å²) in [6.45, 7) is 0.918. The average Bonchev–Trinajstić information content (AvgIpc) is 2.75. The van der Waals surface area contributed by atoms with Crippen molar-refractivity contribution in [2.75, 3.05) is 6.54 Å². The first-order valence-corrected chi connectivity index (χ1v) is 5.23. The van der Waals surface area contributed by atoms with Gasteiger partial charge in [0, 0.05) is 0 Å². The highest BCUT2D eigenvalue weighted by molar-refractivity contribution is 5.73. The fourth-order valence-corrected chi connectivity index (χ4v) is 2.74. The highest BCUT2D eigenvalue weighted by Gasteiger charge is 2.34. The molecule has 13 heavy (non-hydrogen) atoms. The monoisotopic (exact) mass is 183 g/mol.